The van der Waals surface area contributed by atoms with Gasteiger partial charge in [0.2, 0.25) is 0 Å². The average molecular weight is 266 g/mol. The molecule has 0 aliphatic heterocycles. The summed E-state index contributed by atoms with van der Waals surface area (Å²) in [5.41, 5.74) is 0.100. The van der Waals surface area contributed by atoms with Crippen LogP contribution in [-0.4, -0.2) is 23.7 Å². The fraction of sp³-hybridized carbons (Fsp3) is 0.714. The predicted molar refractivity (Wildman–Crippen MR) is 72.0 cm³/mol. The van der Waals surface area contributed by atoms with Gasteiger partial charge in [-0.2, -0.15) is 0 Å². The summed E-state index contributed by atoms with van der Waals surface area (Å²) in [6, 6.07) is 1.48. The number of rotatable bonds is 5. The van der Waals surface area contributed by atoms with Crippen LogP contribution < -0.4 is 5.56 Å². The van der Waals surface area contributed by atoms with Crippen LogP contribution in [0.25, 0.3) is 0 Å². The molecule has 0 bridgehead atoms. The molecule has 1 aliphatic rings. The number of ether oxygens (including phenoxy) is 2. The number of methoxy groups -OCH3 is 1. The molecular formula is C14H22N2O3. The molecule has 2 rings (SSSR count). The Bertz CT molecular complexity index is 458. The van der Waals surface area contributed by atoms with Crippen molar-refractivity contribution < 1.29 is 9.47 Å². The third-order valence-corrected chi connectivity index (χ3v) is 3.60. The van der Waals surface area contributed by atoms with Crippen LogP contribution >= 0.6 is 0 Å². The van der Waals surface area contributed by atoms with Crippen LogP contribution in [0.15, 0.2) is 10.9 Å². The lowest BCUT2D eigenvalue weighted by Gasteiger charge is -2.36. The summed E-state index contributed by atoms with van der Waals surface area (Å²) in [6.07, 6.45) is 5.27. The zero-order valence-corrected chi connectivity index (χ0v) is 11.7. The molecule has 1 heterocycles. The van der Waals surface area contributed by atoms with Gasteiger partial charge in [0.05, 0.1) is 12.3 Å². The molecule has 1 N–H and O–H groups in total. The Morgan fingerprint density at radius 1 is 1.37 bits per heavy atom. The molecule has 0 saturated heterocycles. The fourth-order valence-electron chi connectivity index (χ4n) is 2.79. The number of aromatic nitrogens is 2. The molecule has 106 valence electrons. The SMILES string of the molecule is CCOC1(c2nc(COC)cc(=O)[nH]2)CCCCC1. The molecule has 0 spiro atoms. The number of aromatic amines is 1. The highest BCUT2D eigenvalue weighted by atomic mass is 16.5. The molecule has 0 radical (unpaired) electrons. The second kappa shape index (κ2) is 6.30. The van der Waals surface area contributed by atoms with E-state index in [4.69, 9.17) is 9.47 Å². The third-order valence-electron chi connectivity index (χ3n) is 3.60. The van der Waals surface area contributed by atoms with E-state index in [1.54, 1.807) is 7.11 Å². The number of nitrogens with zero attached hydrogens (tertiary/aromatic N) is 1. The number of nitrogens with one attached hydrogen (secondary N) is 1. The average Bonchev–Trinajstić information content (AvgIpc) is 2.40. The van der Waals surface area contributed by atoms with Crippen LogP contribution in [0.3, 0.4) is 0 Å². The normalized spacial score (nSPS) is 18.4. The van der Waals surface area contributed by atoms with E-state index in [1.807, 2.05) is 6.92 Å². The highest BCUT2D eigenvalue weighted by molar-refractivity contribution is 5.09. The summed E-state index contributed by atoms with van der Waals surface area (Å²) in [4.78, 5) is 19.2. The maximum atomic E-state index is 11.8. The van der Waals surface area contributed by atoms with Gasteiger partial charge in [-0.15, -0.1) is 0 Å². The van der Waals surface area contributed by atoms with Gasteiger partial charge < -0.3 is 14.5 Å². The van der Waals surface area contributed by atoms with Gasteiger partial charge in [-0.05, 0) is 19.8 Å². The van der Waals surface area contributed by atoms with Crippen LogP contribution in [0.1, 0.15) is 50.5 Å². The maximum Gasteiger partial charge on any atom is 0.251 e. The van der Waals surface area contributed by atoms with Crippen molar-refractivity contribution >= 4 is 0 Å². The van der Waals surface area contributed by atoms with Crippen molar-refractivity contribution in [1.82, 2.24) is 9.97 Å². The van der Waals surface area contributed by atoms with Crippen molar-refractivity contribution in [2.24, 2.45) is 0 Å². The summed E-state index contributed by atoms with van der Waals surface area (Å²) in [6.45, 7) is 2.95. The third kappa shape index (κ3) is 3.22. The summed E-state index contributed by atoms with van der Waals surface area (Å²) in [5, 5.41) is 0. The first-order valence-electron chi connectivity index (χ1n) is 6.94. The molecule has 1 fully saturated rings. The lowest BCUT2D eigenvalue weighted by Crippen LogP contribution is -2.36. The van der Waals surface area contributed by atoms with Crippen molar-refractivity contribution in [2.45, 2.75) is 51.2 Å². The van der Waals surface area contributed by atoms with Gasteiger partial charge in [-0.3, -0.25) is 4.79 Å². The monoisotopic (exact) mass is 266 g/mol. The number of hydrogen-bond acceptors (Lipinski definition) is 4. The van der Waals surface area contributed by atoms with Crippen molar-refractivity contribution in [1.29, 1.82) is 0 Å². The van der Waals surface area contributed by atoms with E-state index in [0.717, 1.165) is 25.7 Å². The Labute approximate surface area is 113 Å². The second-order valence-electron chi connectivity index (χ2n) is 5.01. The molecule has 1 aliphatic carbocycles. The first-order chi connectivity index (χ1) is 9.20. The quantitative estimate of drug-likeness (QED) is 0.886. The lowest BCUT2D eigenvalue weighted by molar-refractivity contribution is -0.0771. The van der Waals surface area contributed by atoms with Gasteiger partial charge in [-0.1, -0.05) is 19.3 Å². The van der Waals surface area contributed by atoms with E-state index < -0.39 is 5.60 Å². The highest BCUT2D eigenvalue weighted by Gasteiger charge is 2.37. The van der Waals surface area contributed by atoms with Crippen LogP contribution in [0, 0.1) is 0 Å². The summed E-state index contributed by atoms with van der Waals surface area (Å²) >= 11 is 0. The lowest BCUT2D eigenvalue weighted by atomic mass is 9.83. The first-order valence-corrected chi connectivity index (χ1v) is 6.94. The molecule has 19 heavy (non-hydrogen) atoms. The van der Waals surface area contributed by atoms with Gasteiger partial charge in [0.1, 0.15) is 11.4 Å². The van der Waals surface area contributed by atoms with Gasteiger partial charge in [0, 0.05) is 19.8 Å². The van der Waals surface area contributed by atoms with E-state index in [-0.39, 0.29) is 5.56 Å². The minimum absolute atomic E-state index is 0.137. The molecule has 0 amide bonds. The van der Waals surface area contributed by atoms with Crippen molar-refractivity contribution in [3.05, 3.63) is 27.9 Å². The molecule has 5 nitrogen and oxygen atoms in total. The second-order valence-corrected chi connectivity index (χ2v) is 5.01. The van der Waals surface area contributed by atoms with E-state index in [0.29, 0.717) is 24.7 Å². The molecule has 0 unspecified atom stereocenters. The maximum absolute atomic E-state index is 11.8. The molecule has 1 aromatic rings. The van der Waals surface area contributed by atoms with Crippen molar-refractivity contribution in [3.8, 4) is 0 Å². The zero-order valence-electron chi connectivity index (χ0n) is 11.7. The Kier molecular flexibility index (Phi) is 4.71. The van der Waals surface area contributed by atoms with Crippen molar-refractivity contribution in [2.75, 3.05) is 13.7 Å². The molecule has 0 atom stereocenters. The molecule has 5 heteroatoms. The number of hydrogen-bond donors (Lipinski definition) is 1. The van der Waals surface area contributed by atoms with Crippen LogP contribution in [0.5, 0.6) is 0 Å². The van der Waals surface area contributed by atoms with E-state index in [2.05, 4.69) is 9.97 Å². The first kappa shape index (κ1) is 14.2. The van der Waals surface area contributed by atoms with Gasteiger partial charge in [0.25, 0.3) is 5.56 Å². The van der Waals surface area contributed by atoms with Crippen molar-refractivity contribution in [3.63, 3.8) is 0 Å². The van der Waals surface area contributed by atoms with Crippen LogP contribution in [0.4, 0.5) is 0 Å². The summed E-state index contributed by atoms with van der Waals surface area (Å²) in [5.74, 6) is 0.661. The number of H-pyrrole nitrogens is 1. The van der Waals surface area contributed by atoms with Crippen LogP contribution in [-0.2, 0) is 21.7 Å². The molecule has 1 aromatic heterocycles. The standard InChI is InChI=1S/C14H22N2O3/c1-3-19-14(7-5-4-6-8-14)13-15-11(10-18-2)9-12(17)16-13/h9H,3-8,10H2,1-2H3,(H,15,16,17). The van der Waals surface area contributed by atoms with Crippen LogP contribution in [0.2, 0.25) is 0 Å². The van der Waals surface area contributed by atoms with Gasteiger partial charge in [-0.25, -0.2) is 4.98 Å². The highest BCUT2D eigenvalue weighted by Crippen LogP contribution is 2.38. The van der Waals surface area contributed by atoms with E-state index in [1.165, 1.54) is 12.5 Å². The zero-order chi connectivity index (χ0) is 13.7. The molecule has 0 aromatic carbocycles. The van der Waals surface area contributed by atoms with E-state index >= 15 is 0 Å². The molecule has 1 saturated carbocycles. The van der Waals surface area contributed by atoms with Gasteiger partial charge >= 0.3 is 0 Å². The summed E-state index contributed by atoms with van der Waals surface area (Å²) in [7, 11) is 1.60. The summed E-state index contributed by atoms with van der Waals surface area (Å²) < 4.78 is 11.0. The van der Waals surface area contributed by atoms with Gasteiger partial charge in [0.15, 0.2) is 0 Å². The van der Waals surface area contributed by atoms with E-state index in [9.17, 15) is 4.79 Å². The Balaban J connectivity index is 2.37. The Morgan fingerprint density at radius 2 is 2.11 bits per heavy atom. The largest absolute Gasteiger partial charge is 0.378 e. The minimum atomic E-state index is -0.421. The minimum Gasteiger partial charge on any atom is -0.378 e. The Morgan fingerprint density at radius 3 is 2.74 bits per heavy atom. The topological polar surface area (TPSA) is 64.2 Å². The predicted octanol–water partition coefficient (Wildman–Crippen LogP) is 2.11. The Hall–Kier alpha value is -1.20. The molecular weight excluding hydrogens is 244 g/mol. The fourth-order valence-corrected chi connectivity index (χ4v) is 2.79. The smallest absolute Gasteiger partial charge is 0.251 e.